The number of aryl methyl sites for hydroxylation is 2. The number of halogens is 1. The summed E-state index contributed by atoms with van der Waals surface area (Å²) < 4.78 is 6.32. The van der Waals surface area contributed by atoms with E-state index in [9.17, 15) is 4.79 Å². The van der Waals surface area contributed by atoms with Gasteiger partial charge in [0.25, 0.3) is 5.91 Å². The van der Waals surface area contributed by atoms with Crippen LogP contribution >= 0.6 is 15.9 Å². The molecule has 1 aliphatic carbocycles. The second-order valence-corrected chi connectivity index (χ2v) is 6.61. The van der Waals surface area contributed by atoms with Gasteiger partial charge in [0.15, 0.2) is 5.69 Å². The molecule has 4 nitrogen and oxygen atoms in total. The van der Waals surface area contributed by atoms with Crippen LogP contribution in [0.3, 0.4) is 0 Å². The zero-order chi connectivity index (χ0) is 15.0. The molecular formula is C16H17BrN2O2. The van der Waals surface area contributed by atoms with Gasteiger partial charge in [-0.25, -0.2) is 0 Å². The molecule has 0 radical (unpaired) electrons. The Kier molecular flexibility index (Phi) is 3.85. The van der Waals surface area contributed by atoms with Crippen LogP contribution in [0.15, 0.2) is 27.2 Å². The van der Waals surface area contributed by atoms with Crippen molar-refractivity contribution in [2.45, 2.75) is 33.1 Å². The predicted octanol–water partition coefficient (Wildman–Crippen LogP) is 4.12. The number of nitrogens with zero attached hydrogens (tertiary/aromatic N) is 1. The van der Waals surface area contributed by atoms with Crippen molar-refractivity contribution in [2.75, 3.05) is 5.32 Å². The Balaban J connectivity index is 1.85. The van der Waals surface area contributed by atoms with Crippen LogP contribution in [-0.4, -0.2) is 11.1 Å². The number of fused-ring (bicyclic) bond motifs is 1. The molecular weight excluding hydrogens is 332 g/mol. The average Bonchev–Trinajstić information content (AvgIpc) is 2.85. The summed E-state index contributed by atoms with van der Waals surface area (Å²) in [7, 11) is 0. The minimum Gasteiger partial charge on any atom is -0.360 e. The quantitative estimate of drug-likeness (QED) is 0.887. The molecule has 1 atom stereocenters. The molecule has 110 valence electrons. The third-order valence-corrected chi connectivity index (χ3v) is 4.43. The number of carbonyl (C=O) groups is 1. The van der Waals surface area contributed by atoms with E-state index in [0.717, 1.165) is 46.3 Å². The fourth-order valence-corrected chi connectivity index (χ4v) is 3.18. The largest absolute Gasteiger partial charge is 0.360 e. The SMILES string of the molecule is Cc1cc(Br)ccc1NC(=O)c1noc2c1C[C@@H](C)CC2. The number of aromatic nitrogens is 1. The molecule has 3 rings (SSSR count). The van der Waals surface area contributed by atoms with Crippen molar-refractivity contribution in [1.82, 2.24) is 5.16 Å². The minimum absolute atomic E-state index is 0.195. The standard InChI is InChI=1S/C16H17BrN2O2/c1-9-3-6-14-12(7-9)15(19-21-14)16(20)18-13-5-4-11(17)8-10(13)2/h4-5,8-9H,3,6-7H2,1-2H3,(H,18,20)/t9-/m0/s1. The highest BCUT2D eigenvalue weighted by Crippen LogP contribution is 2.28. The molecule has 1 amide bonds. The van der Waals surface area contributed by atoms with Crippen LogP contribution in [0.25, 0.3) is 0 Å². The monoisotopic (exact) mass is 348 g/mol. The van der Waals surface area contributed by atoms with Crippen molar-refractivity contribution in [1.29, 1.82) is 0 Å². The molecule has 2 aromatic rings. The molecule has 0 unspecified atom stereocenters. The first-order valence-electron chi connectivity index (χ1n) is 7.09. The van der Waals surface area contributed by atoms with E-state index in [0.29, 0.717) is 11.6 Å². The zero-order valence-electron chi connectivity index (χ0n) is 12.1. The third-order valence-electron chi connectivity index (χ3n) is 3.94. The fraction of sp³-hybridized carbons (Fsp3) is 0.375. The number of benzene rings is 1. The van der Waals surface area contributed by atoms with E-state index < -0.39 is 0 Å². The maximum Gasteiger partial charge on any atom is 0.278 e. The minimum atomic E-state index is -0.195. The Hall–Kier alpha value is -1.62. The Labute approximate surface area is 132 Å². The van der Waals surface area contributed by atoms with Gasteiger partial charge in [0.2, 0.25) is 0 Å². The van der Waals surface area contributed by atoms with E-state index in [1.54, 1.807) is 0 Å². The van der Waals surface area contributed by atoms with Crippen molar-refractivity contribution in [3.8, 4) is 0 Å². The number of amides is 1. The normalized spacial score (nSPS) is 17.4. The van der Waals surface area contributed by atoms with E-state index in [-0.39, 0.29) is 5.91 Å². The Morgan fingerprint density at radius 1 is 1.48 bits per heavy atom. The Bertz CT molecular complexity index is 694. The molecule has 1 aromatic carbocycles. The lowest BCUT2D eigenvalue weighted by molar-refractivity contribution is 0.101. The van der Waals surface area contributed by atoms with Crippen LogP contribution in [0.2, 0.25) is 0 Å². The Morgan fingerprint density at radius 2 is 2.29 bits per heavy atom. The first-order valence-corrected chi connectivity index (χ1v) is 7.89. The number of rotatable bonds is 2. The summed E-state index contributed by atoms with van der Waals surface area (Å²) in [6.45, 7) is 4.15. The maximum absolute atomic E-state index is 12.4. The van der Waals surface area contributed by atoms with Gasteiger partial charge in [-0.3, -0.25) is 4.79 Å². The molecule has 0 saturated carbocycles. The van der Waals surface area contributed by atoms with Gasteiger partial charge < -0.3 is 9.84 Å². The first kappa shape index (κ1) is 14.3. The van der Waals surface area contributed by atoms with Crippen LogP contribution in [0.1, 0.15) is 40.7 Å². The summed E-state index contributed by atoms with van der Waals surface area (Å²) in [6.07, 6.45) is 2.82. The maximum atomic E-state index is 12.4. The smallest absolute Gasteiger partial charge is 0.278 e. The number of anilines is 1. The van der Waals surface area contributed by atoms with Gasteiger partial charge in [0.1, 0.15) is 5.76 Å². The highest BCUT2D eigenvalue weighted by molar-refractivity contribution is 9.10. The second kappa shape index (κ2) is 5.64. The van der Waals surface area contributed by atoms with Gasteiger partial charge in [0.05, 0.1) is 0 Å². The van der Waals surface area contributed by atoms with Crippen LogP contribution in [-0.2, 0) is 12.8 Å². The number of hydrogen-bond acceptors (Lipinski definition) is 3. The lowest BCUT2D eigenvalue weighted by atomic mass is 9.88. The van der Waals surface area contributed by atoms with Crippen LogP contribution in [0.4, 0.5) is 5.69 Å². The van der Waals surface area contributed by atoms with E-state index in [1.165, 1.54) is 0 Å². The van der Waals surface area contributed by atoms with Gasteiger partial charge in [-0.05, 0) is 49.4 Å². The Morgan fingerprint density at radius 3 is 3.05 bits per heavy atom. The molecule has 1 aromatic heterocycles. The van der Waals surface area contributed by atoms with Gasteiger partial charge >= 0.3 is 0 Å². The van der Waals surface area contributed by atoms with Crippen molar-refractivity contribution < 1.29 is 9.32 Å². The molecule has 0 saturated heterocycles. The fourth-order valence-electron chi connectivity index (χ4n) is 2.71. The van der Waals surface area contributed by atoms with Gasteiger partial charge in [-0.1, -0.05) is 28.0 Å². The zero-order valence-corrected chi connectivity index (χ0v) is 13.7. The summed E-state index contributed by atoms with van der Waals surface area (Å²) >= 11 is 3.42. The predicted molar refractivity (Wildman–Crippen MR) is 84.5 cm³/mol. The molecule has 0 aliphatic heterocycles. The summed E-state index contributed by atoms with van der Waals surface area (Å²) in [4.78, 5) is 12.4. The molecule has 0 bridgehead atoms. The molecule has 0 fully saturated rings. The topological polar surface area (TPSA) is 55.1 Å². The first-order chi connectivity index (χ1) is 10.0. The molecule has 1 heterocycles. The van der Waals surface area contributed by atoms with Gasteiger partial charge in [0, 0.05) is 22.1 Å². The van der Waals surface area contributed by atoms with Gasteiger partial charge in [-0.15, -0.1) is 0 Å². The lowest BCUT2D eigenvalue weighted by Gasteiger charge is -2.16. The van der Waals surface area contributed by atoms with E-state index in [4.69, 9.17) is 4.52 Å². The lowest BCUT2D eigenvalue weighted by Crippen LogP contribution is -2.18. The van der Waals surface area contributed by atoms with E-state index in [2.05, 4.69) is 33.3 Å². The highest BCUT2D eigenvalue weighted by Gasteiger charge is 2.27. The summed E-state index contributed by atoms with van der Waals surface area (Å²) in [5, 5.41) is 6.90. The molecule has 21 heavy (non-hydrogen) atoms. The van der Waals surface area contributed by atoms with Crippen molar-refractivity contribution in [2.24, 2.45) is 5.92 Å². The summed E-state index contributed by atoms with van der Waals surface area (Å²) in [6, 6.07) is 5.76. The third kappa shape index (κ3) is 2.88. The molecule has 0 spiro atoms. The molecule has 1 N–H and O–H groups in total. The van der Waals surface area contributed by atoms with Crippen molar-refractivity contribution >= 4 is 27.5 Å². The van der Waals surface area contributed by atoms with E-state index >= 15 is 0 Å². The summed E-state index contributed by atoms with van der Waals surface area (Å²) in [5.41, 5.74) is 3.20. The van der Waals surface area contributed by atoms with Crippen molar-refractivity contribution in [3.63, 3.8) is 0 Å². The van der Waals surface area contributed by atoms with Crippen LogP contribution in [0.5, 0.6) is 0 Å². The second-order valence-electron chi connectivity index (χ2n) is 5.69. The van der Waals surface area contributed by atoms with E-state index in [1.807, 2.05) is 25.1 Å². The van der Waals surface area contributed by atoms with Crippen LogP contribution < -0.4 is 5.32 Å². The highest BCUT2D eigenvalue weighted by atomic mass is 79.9. The average molecular weight is 349 g/mol. The van der Waals surface area contributed by atoms with Gasteiger partial charge in [-0.2, -0.15) is 0 Å². The number of nitrogens with one attached hydrogen (secondary N) is 1. The van der Waals surface area contributed by atoms with Crippen molar-refractivity contribution in [3.05, 3.63) is 45.3 Å². The van der Waals surface area contributed by atoms with Crippen LogP contribution in [0, 0.1) is 12.8 Å². The summed E-state index contributed by atoms with van der Waals surface area (Å²) in [5.74, 6) is 1.24. The number of hydrogen-bond donors (Lipinski definition) is 1. The molecule has 5 heteroatoms. The molecule has 1 aliphatic rings. The number of carbonyl (C=O) groups excluding carboxylic acids is 1.